The van der Waals surface area contributed by atoms with Gasteiger partial charge in [-0.3, -0.25) is 0 Å². The van der Waals surface area contributed by atoms with Crippen molar-refractivity contribution in [3.8, 4) is 23.1 Å². The smallest absolute Gasteiger partial charge is 0.231 e. The molecule has 0 saturated heterocycles. The minimum Gasteiger partial charge on any atom is -0.480 e. The summed E-state index contributed by atoms with van der Waals surface area (Å²) in [5, 5.41) is 13.7. The Balaban J connectivity index is 1.91. The Morgan fingerprint density at radius 2 is 1.93 bits per heavy atom. The lowest BCUT2D eigenvalue weighted by molar-refractivity contribution is 0.316. The average molecular weight is 376 g/mol. The molecule has 2 heterocycles. The summed E-state index contributed by atoms with van der Waals surface area (Å²) < 4.78 is 5.13. The molecule has 3 aromatic rings. The number of hydrogen-bond acceptors (Lipinski definition) is 7. The predicted octanol–water partition coefficient (Wildman–Crippen LogP) is 3.33. The van der Waals surface area contributed by atoms with Crippen molar-refractivity contribution in [2.45, 2.75) is 13.8 Å². The van der Waals surface area contributed by atoms with E-state index in [1.54, 1.807) is 18.6 Å². The lowest BCUT2D eigenvalue weighted by Gasteiger charge is -2.18. The number of likely N-dealkylation sites (N-methyl/N-ethyl adjacent to an activating group) is 1. The number of pyridine rings is 1. The SMILES string of the molecule is CCN(CC)CCNc1ncnc2ccc(-c3cnc(OC)c(C#N)c3)cc12. The third-order valence-electron chi connectivity index (χ3n) is 4.75. The standard InChI is InChI=1S/C21H24N6O/c1-4-27(5-2)9-8-23-20-18-11-15(6-7-19(18)25-14-26-20)17-10-16(12-22)21(28-3)24-13-17/h6-7,10-11,13-14H,4-5,8-9H2,1-3H3,(H,23,25,26). The second kappa shape index (κ2) is 9.11. The Hall–Kier alpha value is -3.24. The van der Waals surface area contributed by atoms with Crippen LogP contribution in [0.5, 0.6) is 5.88 Å². The zero-order valence-electron chi connectivity index (χ0n) is 16.4. The van der Waals surface area contributed by atoms with Gasteiger partial charge >= 0.3 is 0 Å². The summed E-state index contributed by atoms with van der Waals surface area (Å²) >= 11 is 0. The van der Waals surface area contributed by atoms with Crippen molar-refractivity contribution in [3.63, 3.8) is 0 Å². The molecule has 0 amide bonds. The lowest BCUT2D eigenvalue weighted by Crippen LogP contribution is -2.28. The van der Waals surface area contributed by atoms with E-state index in [0.29, 0.717) is 11.4 Å². The summed E-state index contributed by atoms with van der Waals surface area (Å²) in [6, 6.07) is 9.86. The summed E-state index contributed by atoms with van der Waals surface area (Å²) in [5.74, 6) is 1.13. The minimum atomic E-state index is 0.328. The summed E-state index contributed by atoms with van der Waals surface area (Å²) in [5.41, 5.74) is 3.06. The third-order valence-corrected chi connectivity index (χ3v) is 4.75. The van der Waals surface area contributed by atoms with Gasteiger partial charge in [0, 0.05) is 30.2 Å². The maximum atomic E-state index is 9.32. The van der Waals surface area contributed by atoms with E-state index in [1.165, 1.54) is 7.11 Å². The van der Waals surface area contributed by atoms with Crippen LogP contribution in [0.2, 0.25) is 0 Å². The van der Waals surface area contributed by atoms with Crippen LogP contribution in [0.4, 0.5) is 5.82 Å². The molecule has 0 aliphatic heterocycles. The van der Waals surface area contributed by atoms with Gasteiger partial charge in [-0.05, 0) is 36.9 Å². The zero-order valence-corrected chi connectivity index (χ0v) is 16.4. The van der Waals surface area contributed by atoms with Crippen LogP contribution in [0.25, 0.3) is 22.0 Å². The number of benzene rings is 1. The van der Waals surface area contributed by atoms with Crippen LogP contribution in [-0.4, -0.2) is 53.1 Å². The molecule has 0 unspecified atom stereocenters. The van der Waals surface area contributed by atoms with Crippen LogP contribution in [0.15, 0.2) is 36.8 Å². The quantitative estimate of drug-likeness (QED) is 0.645. The molecule has 144 valence electrons. The molecule has 0 fully saturated rings. The number of rotatable bonds is 8. The first kappa shape index (κ1) is 19.5. The van der Waals surface area contributed by atoms with E-state index in [4.69, 9.17) is 4.74 Å². The maximum Gasteiger partial charge on any atom is 0.231 e. The lowest BCUT2D eigenvalue weighted by atomic mass is 10.0. The first-order chi connectivity index (χ1) is 13.7. The normalized spacial score (nSPS) is 10.8. The molecule has 28 heavy (non-hydrogen) atoms. The van der Waals surface area contributed by atoms with Gasteiger partial charge in [0.1, 0.15) is 23.8 Å². The molecule has 0 spiro atoms. The van der Waals surface area contributed by atoms with Crippen LogP contribution in [0.1, 0.15) is 19.4 Å². The average Bonchev–Trinajstić information content (AvgIpc) is 2.76. The van der Waals surface area contributed by atoms with Gasteiger partial charge in [0.25, 0.3) is 0 Å². The summed E-state index contributed by atoms with van der Waals surface area (Å²) in [6.07, 6.45) is 3.28. The maximum absolute atomic E-state index is 9.32. The van der Waals surface area contributed by atoms with Crippen molar-refractivity contribution in [1.82, 2.24) is 19.9 Å². The molecule has 0 aliphatic rings. The highest BCUT2D eigenvalue weighted by Gasteiger charge is 2.10. The van der Waals surface area contributed by atoms with Crippen molar-refractivity contribution in [2.24, 2.45) is 0 Å². The van der Waals surface area contributed by atoms with Crippen molar-refractivity contribution >= 4 is 16.7 Å². The van der Waals surface area contributed by atoms with E-state index in [1.807, 2.05) is 18.2 Å². The van der Waals surface area contributed by atoms with Crippen molar-refractivity contribution < 1.29 is 4.74 Å². The van der Waals surface area contributed by atoms with Crippen LogP contribution in [0, 0.1) is 11.3 Å². The first-order valence-corrected chi connectivity index (χ1v) is 9.35. The number of fused-ring (bicyclic) bond motifs is 1. The summed E-state index contributed by atoms with van der Waals surface area (Å²) in [6.45, 7) is 8.13. The van der Waals surface area contributed by atoms with E-state index in [2.05, 4.69) is 45.1 Å². The van der Waals surface area contributed by atoms with E-state index >= 15 is 0 Å². The number of hydrogen-bond donors (Lipinski definition) is 1. The molecular weight excluding hydrogens is 352 g/mol. The second-order valence-corrected chi connectivity index (χ2v) is 6.30. The number of aromatic nitrogens is 3. The van der Waals surface area contributed by atoms with Gasteiger partial charge in [0.15, 0.2) is 0 Å². The molecular formula is C21H24N6O. The Bertz CT molecular complexity index is 994. The highest BCUT2D eigenvalue weighted by molar-refractivity contribution is 5.92. The molecule has 1 N–H and O–H groups in total. The molecule has 7 heteroatoms. The number of nitriles is 1. The molecule has 3 rings (SSSR count). The minimum absolute atomic E-state index is 0.328. The van der Waals surface area contributed by atoms with Gasteiger partial charge in [-0.2, -0.15) is 5.26 Å². The van der Waals surface area contributed by atoms with Gasteiger partial charge in [0.2, 0.25) is 5.88 Å². The number of anilines is 1. The third kappa shape index (κ3) is 4.18. The summed E-state index contributed by atoms with van der Waals surface area (Å²) in [7, 11) is 1.51. The molecule has 7 nitrogen and oxygen atoms in total. The molecule has 0 bridgehead atoms. The highest BCUT2D eigenvalue weighted by atomic mass is 16.5. The fourth-order valence-electron chi connectivity index (χ4n) is 3.10. The molecule has 0 saturated carbocycles. The van der Waals surface area contributed by atoms with E-state index < -0.39 is 0 Å². The molecule has 1 aromatic carbocycles. The van der Waals surface area contributed by atoms with Crippen LogP contribution >= 0.6 is 0 Å². The zero-order chi connectivity index (χ0) is 19.9. The van der Waals surface area contributed by atoms with Gasteiger partial charge in [0.05, 0.1) is 12.6 Å². The highest BCUT2D eigenvalue weighted by Crippen LogP contribution is 2.28. The second-order valence-electron chi connectivity index (χ2n) is 6.30. The van der Waals surface area contributed by atoms with E-state index in [-0.39, 0.29) is 0 Å². The van der Waals surface area contributed by atoms with Crippen LogP contribution < -0.4 is 10.1 Å². The molecule has 0 aliphatic carbocycles. The van der Waals surface area contributed by atoms with Crippen molar-refractivity contribution in [3.05, 3.63) is 42.4 Å². The van der Waals surface area contributed by atoms with Crippen LogP contribution in [0.3, 0.4) is 0 Å². The largest absolute Gasteiger partial charge is 0.480 e. The van der Waals surface area contributed by atoms with Gasteiger partial charge in [-0.15, -0.1) is 0 Å². The van der Waals surface area contributed by atoms with Gasteiger partial charge in [-0.25, -0.2) is 15.0 Å². The fraction of sp³-hybridized carbons (Fsp3) is 0.333. The molecule has 2 aromatic heterocycles. The van der Waals surface area contributed by atoms with E-state index in [9.17, 15) is 5.26 Å². The van der Waals surface area contributed by atoms with Crippen molar-refractivity contribution in [1.29, 1.82) is 5.26 Å². The van der Waals surface area contributed by atoms with Gasteiger partial charge in [-0.1, -0.05) is 19.9 Å². The number of ether oxygens (including phenoxy) is 1. The number of nitrogens with one attached hydrogen (secondary N) is 1. The Morgan fingerprint density at radius 3 is 2.64 bits per heavy atom. The van der Waals surface area contributed by atoms with Crippen molar-refractivity contribution in [2.75, 3.05) is 38.6 Å². The summed E-state index contributed by atoms with van der Waals surface area (Å²) in [4.78, 5) is 15.4. The Kier molecular flexibility index (Phi) is 6.35. The number of nitrogens with zero attached hydrogens (tertiary/aromatic N) is 5. The van der Waals surface area contributed by atoms with Crippen LogP contribution in [-0.2, 0) is 0 Å². The Morgan fingerprint density at radius 1 is 1.11 bits per heavy atom. The molecule has 0 atom stereocenters. The van der Waals surface area contributed by atoms with E-state index in [0.717, 1.165) is 54.0 Å². The monoisotopic (exact) mass is 376 g/mol. The molecule has 0 radical (unpaired) electrons. The first-order valence-electron chi connectivity index (χ1n) is 9.35. The Labute approximate surface area is 165 Å². The topological polar surface area (TPSA) is 87.0 Å². The fourth-order valence-corrected chi connectivity index (χ4v) is 3.10. The van der Waals surface area contributed by atoms with Gasteiger partial charge < -0.3 is 15.0 Å². The number of methoxy groups -OCH3 is 1. The predicted molar refractivity (Wildman–Crippen MR) is 110 cm³/mol.